The van der Waals surface area contributed by atoms with Crippen molar-refractivity contribution in [3.8, 4) is 0 Å². The van der Waals surface area contributed by atoms with Gasteiger partial charge in [0.15, 0.2) is 11.4 Å². The van der Waals surface area contributed by atoms with Gasteiger partial charge < -0.3 is 14.2 Å². The fourth-order valence-electron chi connectivity index (χ4n) is 2.40. The number of alkyl halides is 1. The number of ether oxygens (including phenoxy) is 1. The zero-order valence-corrected chi connectivity index (χ0v) is 11.8. The first-order valence-electron chi connectivity index (χ1n) is 6.08. The van der Waals surface area contributed by atoms with E-state index in [1.54, 1.807) is 0 Å². The zero-order valence-electron chi connectivity index (χ0n) is 10.2. The van der Waals surface area contributed by atoms with Crippen molar-refractivity contribution in [2.24, 2.45) is 0 Å². The topological polar surface area (TPSA) is 38.5 Å². The summed E-state index contributed by atoms with van der Waals surface area (Å²) in [4.78, 5) is 2.24. The summed E-state index contributed by atoms with van der Waals surface area (Å²) in [5.41, 5.74) is 0.835. The normalized spacial score (nSPS) is 24.7. The number of fused-ring (bicyclic) bond motifs is 1. The highest BCUT2D eigenvalue weighted by Crippen LogP contribution is 2.28. The molecule has 0 bridgehead atoms. The summed E-state index contributed by atoms with van der Waals surface area (Å²) in [6.45, 7) is 3.77. The largest absolute Gasteiger partial charge is 0.371 e. The Bertz CT molecular complexity index is 543. The average Bonchev–Trinajstić information content (AvgIpc) is 2.81. The minimum atomic E-state index is 0.198. The van der Waals surface area contributed by atoms with E-state index in [-0.39, 0.29) is 12.2 Å². The lowest BCUT2D eigenvalue weighted by molar-refractivity contribution is -0.00229. The van der Waals surface area contributed by atoms with Crippen molar-refractivity contribution in [2.45, 2.75) is 19.1 Å². The van der Waals surface area contributed by atoms with E-state index in [4.69, 9.17) is 9.26 Å². The van der Waals surface area contributed by atoms with Crippen molar-refractivity contribution in [3.63, 3.8) is 0 Å². The molecule has 1 fully saturated rings. The van der Waals surface area contributed by atoms with Crippen LogP contribution in [0, 0.1) is 0 Å². The molecule has 18 heavy (non-hydrogen) atoms. The maximum absolute atomic E-state index is 5.83. The molecule has 2 aromatic rings. The summed E-state index contributed by atoms with van der Waals surface area (Å²) in [5.74, 6) is 0.923. The molecule has 5 heteroatoms. The third-order valence-electron chi connectivity index (χ3n) is 3.16. The predicted molar refractivity (Wildman–Crippen MR) is 74.4 cm³/mol. The molecule has 2 heterocycles. The average molecular weight is 311 g/mol. The van der Waals surface area contributed by atoms with E-state index in [0.717, 1.165) is 35.2 Å². The summed E-state index contributed by atoms with van der Waals surface area (Å²) in [7, 11) is 0. The molecule has 3 rings (SSSR count). The van der Waals surface area contributed by atoms with Crippen LogP contribution in [0.2, 0.25) is 0 Å². The van der Waals surface area contributed by atoms with Gasteiger partial charge in [-0.3, -0.25) is 0 Å². The lowest BCUT2D eigenvalue weighted by Gasteiger charge is -2.36. The van der Waals surface area contributed by atoms with Crippen LogP contribution in [0.5, 0.6) is 0 Å². The maximum Gasteiger partial charge on any atom is 0.180 e. The van der Waals surface area contributed by atoms with Crippen LogP contribution in [0.3, 0.4) is 0 Å². The Labute approximate surface area is 114 Å². The minimum absolute atomic E-state index is 0.198. The molecule has 2 atom stereocenters. The van der Waals surface area contributed by atoms with Gasteiger partial charge in [-0.25, -0.2) is 0 Å². The van der Waals surface area contributed by atoms with Gasteiger partial charge in [0.1, 0.15) is 0 Å². The van der Waals surface area contributed by atoms with E-state index in [1.807, 2.05) is 24.3 Å². The van der Waals surface area contributed by atoms with Crippen LogP contribution in [0.1, 0.15) is 6.92 Å². The number of anilines is 1. The molecule has 1 saturated heterocycles. The van der Waals surface area contributed by atoms with E-state index in [0.29, 0.717) is 0 Å². The van der Waals surface area contributed by atoms with Gasteiger partial charge in [-0.1, -0.05) is 33.2 Å². The lowest BCUT2D eigenvalue weighted by atomic mass is 10.2. The Kier molecular flexibility index (Phi) is 3.26. The molecule has 2 unspecified atom stereocenters. The summed E-state index contributed by atoms with van der Waals surface area (Å²) in [6.07, 6.45) is 0.404. The number of aromatic nitrogens is 1. The molecule has 0 radical (unpaired) electrons. The SMILES string of the molecule is CC1CN(c2noc3ccccc23)CC(CBr)O1. The van der Waals surface area contributed by atoms with Crippen LogP contribution < -0.4 is 4.90 Å². The molecular weight excluding hydrogens is 296 g/mol. The van der Waals surface area contributed by atoms with Gasteiger partial charge in [-0.05, 0) is 19.1 Å². The molecule has 1 aromatic heterocycles. The molecular formula is C13H15BrN2O2. The molecule has 0 saturated carbocycles. The predicted octanol–water partition coefficient (Wildman–Crippen LogP) is 2.82. The number of morpholine rings is 1. The summed E-state index contributed by atoms with van der Waals surface area (Å²) in [6, 6.07) is 7.96. The van der Waals surface area contributed by atoms with Crippen LogP contribution in [-0.4, -0.2) is 35.8 Å². The van der Waals surface area contributed by atoms with Gasteiger partial charge in [0, 0.05) is 18.4 Å². The molecule has 1 aromatic carbocycles. The molecule has 0 aliphatic carbocycles. The first-order valence-corrected chi connectivity index (χ1v) is 7.21. The Morgan fingerprint density at radius 2 is 2.22 bits per heavy atom. The lowest BCUT2D eigenvalue weighted by Crippen LogP contribution is -2.47. The number of rotatable bonds is 2. The van der Waals surface area contributed by atoms with Gasteiger partial charge in [-0.2, -0.15) is 0 Å². The highest BCUT2D eigenvalue weighted by molar-refractivity contribution is 9.09. The van der Waals surface area contributed by atoms with Crippen LogP contribution in [0.15, 0.2) is 28.8 Å². The van der Waals surface area contributed by atoms with Crippen LogP contribution in [-0.2, 0) is 4.74 Å². The molecule has 0 spiro atoms. The van der Waals surface area contributed by atoms with E-state index in [9.17, 15) is 0 Å². The standard InChI is InChI=1S/C13H15BrN2O2/c1-9-7-16(8-10(6-14)17-9)13-11-4-2-3-5-12(11)18-15-13/h2-5,9-10H,6-8H2,1H3. The van der Waals surface area contributed by atoms with Gasteiger partial charge in [0.05, 0.1) is 17.6 Å². The Morgan fingerprint density at radius 3 is 3.06 bits per heavy atom. The van der Waals surface area contributed by atoms with Gasteiger partial charge in [0.25, 0.3) is 0 Å². The smallest absolute Gasteiger partial charge is 0.180 e. The Hall–Kier alpha value is -1.07. The van der Waals surface area contributed by atoms with Crippen LogP contribution in [0.25, 0.3) is 11.0 Å². The molecule has 96 valence electrons. The molecule has 1 aliphatic heterocycles. The number of hydrogen-bond donors (Lipinski definition) is 0. The Balaban J connectivity index is 1.93. The minimum Gasteiger partial charge on any atom is -0.371 e. The highest BCUT2D eigenvalue weighted by Gasteiger charge is 2.27. The van der Waals surface area contributed by atoms with Crippen molar-refractivity contribution >= 4 is 32.7 Å². The fraction of sp³-hybridized carbons (Fsp3) is 0.462. The third-order valence-corrected chi connectivity index (χ3v) is 3.88. The second kappa shape index (κ2) is 4.90. The van der Waals surface area contributed by atoms with E-state index in [2.05, 4.69) is 32.9 Å². The van der Waals surface area contributed by atoms with Gasteiger partial charge >= 0.3 is 0 Å². The number of hydrogen-bond acceptors (Lipinski definition) is 4. The van der Waals surface area contributed by atoms with Crippen molar-refractivity contribution in [2.75, 3.05) is 23.3 Å². The summed E-state index contributed by atoms with van der Waals surface area (Å²) < 4.78 is 11.2. The van der Waals surface area contributed by atoms with Gasteiger partial charge in [0.2, 0.25) is 0 Å². The molecule has 0 amide bonds. The number of para-hydroxylation sites is 1. The molecule has 0 N–H and O–H groups in total. The van der Waals surface area contributed by atoms with Crippen molar-refractivity contribution in [3.05, 3.63) is 24.3 Å². The molecule has 1 aliphatic rings. The summed E-state index contributed by atoms with van der Waals surface area (Å²) in [5, 5.41) is 6.11. The third kappa shape index (κ3) is 2.12. The maximum atomic E-state index is 5.83. The number of halogens is 1. The van der Waals surface area contributed by atoms with Gasteiger partial charge in [-0.15, -0.1) is 0 Å². The van der Waals surface area contributed by atoms with Crippen molar-refractivity contribution < 1.29 is 9.26 Å². The Morgan fingerprint density at radius 1 is 1.39 bits per heavy atom. The quantitative estimate of drug-likeness (QED) is 0.800. The zero-order chi connectivity index (χ0) is 12.5. The second-order valence-corrected chi connectivity index (χ2v) is 5.28. The van der Waals surface area contributed by atoms with E-state index in [1.165, 1.54) is 0 Å². The van der Waals surface area contributed by atoms with Crippen LogP contribution >= 0.6 is 15.9 Å². The van der Waals surface area contributed by atoms with Crippen LogP contribution in [0.4, 0.5) is 5.82 Å². The number of benzene rings is 1. The molecule has 4 nitrogen and oxygen atoms in total. The fourth-order valence-corrected chi connectivity index (χ4v) is 2.76. The van der Waals surface area contributed by atoms with Crippen molar-refractivity contribution in [1.29, 1.82) is 0 Å². The van der Waals surface area contributed by atoms with E-state index < -0.39 is 0 Å². The van der Waals surface area contributed by atoms with Crippen molar-refractivity contribution in [1.82, 2.24) is 5.16 Å². The first-order chi connectivity index (χ1) is 8.78. The highest BCUT2D eigenvalue weighted by atomic mass is 79.9. The number of nitrogens with zero attached hydrogens (tertiary/aromatic N) is 2. The second-order valence-electron chi connectivity index (χ2n) is 4.63. The first kappa shape index (κ1) is 12.0. The monoisotopic (exact) mass is 310 g/mol. The summed E-state index contributed by atoms with van der Waals surface area (Å²) >= 11 is 3.48. The van der Waals surface area contributed by atoms with E-state index >= 15 is 0 Å².